The zero-order valence-electron chi connectivity index (χ0n) is 20.2. The molecule has 3 aromatic carbocycles. The number of hydrogen-bond acceptors (Lipinski definition) is 4. The molecule has 0 radical (unpaired) electrons. The second kappa shape index (κ2) is 12.1. The molecule has 3 saturated heterocycles. The zero-order chi connectivity index (χ0) is 26.4. The molecule has 2 N–H and O–H groups in total. The van der Waals surface area contributed by atoms with Gasteiger partial charge in [0.05, 0.1) is 12.7 Å². The zero-order valence-corrected chi connectivity index (χ0v) is 20.2. The molecule has 3 heterocycles. The van der Waals surface area contributed by atoms with Crippen LogP contribution < -0.4 is 0 Å². The van der Waals surface area contributed by atoms with E-state index in [1.54, 1.807) is 0 Å². The van der Waals surface area contributed by atoms with Gasteiger partial charge in [0.25, 0.3) is 0 Å². The topological polar surface area (TPSA) is 87.1 Å². The Morgan fingerprint density at radius 2 is 1.32 bits per heavy atom. The standard InChI is InChI=1S/C27H27F2NO.C2H2O4/c28-23-15-19(16-24(29)17-23)18-31-27-22-11-13-30(14-12-22)26(27)25(20-7-3-1-4-8-20)21-9-5-2-6-10-21;3-1(4)2(5)6/h1-10,15-17,22,25-27H,11-14,18H2;(H,3,4)(H,5,6). The van der Waals surface area contributed by atoms with Crippen LogP contribution in [0.1, 0.15) is 35.4 Å². The molecule has 8 heteroatoms. The minimum Gasteiger partial charge on any atom is -0.473 e. The molecule has 0 aromatic heterocycles. The number of aliphatic carboxylic acids is 2. The fourth-order valence-electron chi connectivity index (χ4n) is 5.46. The summed E-state index contributed by atoms with van der Waals surface area (Å²) in [6.07, 6.45) is 2.23. The fourth-order valence-corrected chi connectivity index (χ4v) is 5.46. The number of hydrogen-bond donors (Lipinski definition) is 2. The van der Waals surface area contributed by atoms with E-state index >= 15 is 0 Å². The summed E-state index contributed by atoms with van der Waals surface area (Å²) >= 11 is 0. The number of ether oxygens (including phenoxy) is 1. The predicted molar refractivity (Wildman–Crippen MR) is 133 cm³/mol. The number of carbonyl (C=O) groups is 2. The van der Waals surface area contributed by atoms with Gasteiger partial charge in [0.15, 0.2) is 0 Å². The molecule has 37 heavy (non-hydrogen) atoms. The van der Waals surface area contributed by atoms with E-state index < -0.39 is 23.6 Å². The summed E-state index contributed by atoms with van der Waals surface area (Å²) < 4.78 is 33.8. The van der Waals surface area contributed by atoms with E-state index in [1.165, 1.54) is 23.3 Å². The third-order valence-electron chi connectivity index (χ3n) is 7.00. The number of benzene rings is 3. The monoisotopic (exact) mass is 509 g/mol. The van der Waals surface area contributed by atoms with Crippen molar-refractivity contribution in [3.63, 3.8) is 0 Å². The Hall–Kier alpha value is -3.62. The molecule has 2 bridgehead atoms. The van der Waals surface area contributed by atoms with Crippen molar-refractivity contribution in [2.75, 3.05) is 13.1 Å². The second-order valence-corrected chi connectivity index (χ2v) is 9.33. The van der Waals surface area contributed by atoms with E-state index in [-0.39, 0.29) is 24.7 Å². The van der Waals surface area contributed by atoms with Crippen LogP contribution in [0.5, 0.6) is 0 Å². The minimum absolute atomic E-state index is 0.0132. The Balaban J connectivity index is 0.000000480. The lowest BCUT2D eigenvalue weighted by Gasteiger charge is -2.53. The van der Waals surface area contributed by atoms with Gasteiger partial charge in [0, 0.05) is 18.0 Å². The maximum absolute atomic E-state index is 13.7. The van der Waals surface area contributed by atoms with Crippen LogP contribution in [0.4, 0.5) is 8.78 Å². The van der Waals surface area contributed by atoms with E-state index in [9.17, 15) is 8.78 Å². The molecule has 6 nitrogen and oxygen atoms in total. The quantitative estimate of drug-likeness (QED) is 0.458. The highest BCUT2D eigenvalue weighted by Gasteiger charge is 2.47. The third-order valence-corrected chi connectivity index (χ3v) is 7.00. The maximum atomic E-state index is 13.7. The van der Waals surface area contributed by atoms with E-state index in [0.29, 0.717) is 11.5 Å². The highest BCUT2D eigenvalue weighted by atomic mass is 19.1. The summed E-state index contributed by atoms with van der Waals surface area (Å²) in [7, 11) is 0. The third kappa shape index (κ3) is 6.58. The van der Waals surface area contributed by atoms with E-state index in [4.69, 9.17) is 24.5 Å². The van der Waals surface area contributed by atoms with E-state index in [1.807, 2.05) is 12.1 Å². The predicted octanol–water partition coefficient (Wildman–Crippen LogP) is 4.93. The van der Waals surface area contributed by atoms with Gasteiger partial charge in [-0.15, -0.1) is 0 Å². The first kappa shape index (κ1) is 26.4. The van der Waals surface area contributed by atoms with Crippen molar-refractivity contribution in [1.82, 2.24) is 4.90 Å². The number of carboxylic acids is 2. The van der Waals surface area contributed by atoms with Gasteiger partial charge in [-0.1, -0.05) is 60.7 Å². The highest BCUT2D eigenvalue weighted by molar-refractivity contribution is 6.27. The van der Waals surface area contributed by atoms with E-state index in [0.717, 1.165) is 32.0 Å². The van der Waals surface area contributed by atoms with Crippen molar-refractivity contribution in [3.05, 3.63) is 107 Å². The van der Waals surface area contributed by atoms with Crippen LogP contribution in [0.25, 0.3) is 0 Å². The van der Waals surface area contributed by atoms with Crippen molar-refractivity contribution in [1.29, 1.82) is 0 Å². The van der Waals surface area contributed by atoms with Crippen molar-refractivity contribution in [3.8, 4) is 0 Å². The number of piperidine rings is 3. The van der Waals surface area contributed by atoms with Gasteiger partial charge >= 0.3 is 11.9 Å². The van der Waals surface area contributed by atoms with Crippen LogP contribution in [-0.4, -0.2) is 52.3 Å². The Labute approximate surface area is 214 Å². The summed E-state index contributed by atoms with van der Waals surface area (Å²) in [4.78, 5) is 20.8. The molecule has 3 aliphatic rings. The smallest absolute Gasteiger partial charge is 0.414 e. The molecule has 0 spiro atoms. The van der Waals surface area contributed by atoms with Crippen LogP contribution in [-0.2, 0) is 20.9 Å². The molecule has 0 aliphatic carbocycles. The summed E-state index contributed by atoms with van der Waals surface area (Å²) in [6, 6.07) is 25.1. The first-order chi connectivity index (χ1) is 17.8. The molecule has 194 valence electrons. The van der Waals surface area contributed by atoms with Crippen molar-refractivity contribution >= 4 is 11.9 Å². The molecule has 3 aromatic rings. The summed E-state index contributed by atoms with van der Waals surface area (Å²) in [5, 5.41) is 14.8. The lowest BCUT2D eigenvalue weighted by molar-refractivity contribution is -0.159. The van der Waals surface area contributed by atoms with Gasteiger partial charge < -0.3 is 14.9 Å². The van der Waals surface area contributed by atoms with Crippen molar-refractivity contribution in [2.24, 2.45) is 5.92 Å². The van der Waals surface area contributed by atoms with Crippen LogP contribution in [0.15, 0.2) is 78.9 Å². The molecular formula is C29H29F2NO5. The van der Waals surface area contributed by atoms with Gasteiger partial charge in [-0.25, -0.2) is 18.4 Å². The van der Waals surface area contributed by atoms with Crippen LogP contribution in [0.2, 0.25) is 0 Å². The molecule has 0 amide bonds. The van der Waals surface area contributed by atoms with Gasteiger partial charge in [0.1, 0.15) is 11.6 Å². The maximum Gasteiger partial charge on any atom is 0.414 e. The van der Waals surface area contributed by atoms with Gasteiger partial charge in [-0.05, 0) is 60.7 Å². The second-order valence-electron chi connectivity index (χ2n) is 9.33. The highest BCUT2D eigenvalue weighted by Crippen LogP contribution is 2.43. The summed E-state index contributed by atoms with van der Waals surface area (Å²) in [5.74, 6) is -4.13. The Morgan fingerprint density at radius 1 is 0.838 bits per heavy atom. The number of nitrogens with zero attached hydrogens (tertiary/aromatic N) is 1. The molecule has 3 aliphatic heterocycles. The van der Waals surface area contributed by atoms with Gasteiger partial charge in [-0.3, -0.25) is 4.90 Å². The first-order valence-corrected chi connectivity index (χ1v) is 12.2. The Bertz CT molecular complexity index is 1130. The molecule has 6 rings (SSSR count). The van der Waals surface area contributed by atoms with Crippen LogP contribution >= 0.6 is 0 Å². The first-order valence-electron chi connectivity index (χ1n) is 12.2. The fraction of sp³-hybridized carbons (Fsp3) is 0.310. The number of carboxylic acid groups (broad SMARTS) is 2. The largest absolute Gasteiger partial charge is 0.473 e. The number of fused-ring (bicyclic) bond motifs is 3. The molecule has 0 saturated carbocycles. The van der Waals surface area contributed by atoms with Crippen LogP contribution in [0, 0.1) is 17.6 Å². The molecule has 2 atom stereocenters. The van der Waals surface area contributed by atoms with Crippen LogP contribution in [0.3, 0.4) is 0 Å². The SMILES string of the molecule is Fc1cc(F)cc(COC2C3CCN(CC3)C2C(c2ccccc2)c2ccccc2)c1.O=C(O)C(=O)O. The molecular weight excluding hydrogens is 480 g/mol. The molecule has 2 unspecified atom stereocenters. The lowest BCUT2D eigenvalue weighted by atomic mass is 9.72. The summed E-state index contributed by atoms with van der Waals surface area (Å²) in [6.45, 7) is 2.36. The van der Waals surface area contributed by atoms with Gasteiger partial charge in [-0.2, -0.15) is 0 Å². The minimum atomic E-state index is -1.82. The summed E-state index contributed by atoms with van der Waals surface area (Å²) in [5.41, 5.74) is 3.09. The normalized spacial score (nSPS) is 22.2. The van der Waals surface area contributed by atoms with Crippen molar-refractivity contribution in [2.45, 2.75) is 37.5 Å². The average Bonchev–Trinajstić information content (AvgIpc) is 2.90. The molecule has 3 fully saturated rings. The Morgan fingerprint density at radius 3 is 1.78 bits per heavy atom. The number of halogens is 2. The van der Waals surface area contributed by atoms with E-state index in [2.05, 4.69) is 53.4 Å². The van der Waals surface area contributed by atoms with Crippen molar-refractivity contribution < 1.29 is 33.3 Å². The van der Waals surface area contributed by atoms with Gasteiger partial charge in [0.2, 0.25) is 0 Å². The Kier molecular flexibility index (Phi) is 8.63. The lowest BCUT2D eigenvalue weighted by Crippen LogP contribution is -2.60. The average molecular weight is 510 g/mol. The number of rotatable bonds is 6.